The van der Waals surface area contributed by atoms with Crippen LogP contribution in [-0.2, 0) is 12.1 Å². The van der Waals surface area contributed by atoms with Gasteiger partial charge in [0.2, 0.25) is 0 Å². The summed E-state index contributed by atoms with van der Waals surface area (Å²) in [6.45, 7) is 1.86. The van der Waals surface area contributed by atoms with E-state index in [1.54, 1.807) is 49.4 Å². The van der Waals surface area contributed by atoms with E-state index in [4.69, 9.17) is 0 Å². The summed E-state index contributed by atoms with van der Waals surface area (Å²) in [7, 11) is 0. The Bertz CT molecular complexity index is 697. The third kappa shape index (κ3) is 2.21. The van der Waals surface area contributed by atoms with E-state index in [0.717, 1.165) is 0 Å². The third-order valence-electron chi connectivity index (χ3n) is 4.00. The zero-order valence-electron chi connectivity index (χ0n) is 11.7. The molecule has 0 unspecified atom stereocenters. The highest BCUT2D eigenvalue weighted by Gasteiger charge is 2.44. The predicted octanol–water partition coefficient (Wildman–Crippen LogP) is 2.69. The summed E-state index contributed by atoms with van der Waals surface area (Å²) in [5.41, 5.74) is 0.301. The van der Waals surface area contributed by atoms with Crippen molar-refractivity contribution in [1.82, 2.24) is 4.90 Å². The summed E-state index contributed by atoms with van der Waals surface area (Å²) in [6, 6.07) is 13.5. The number of carbonyl (C=O) groups excluding carboxylic acids is 1. The van der Waals surface area contributed by atoms with Gasteiger partial charge in [0.05, 0.1) is 0 Å². The number of halogens is 1. The minimum absolute atomic E-state index is 0.216. The van der Waals surface area contributed by atoms with Crippen molar-refractivity contribution < 1.29 is 14.3 Å². The van der Waals surface area contributed by atoms with Crippen LogP contribution < -0.4 is 0 Å². The van der Waals surface area contributed by atoms with Crippen LogP contribution in [0.5, 0.6) is 0 Å². The Hall–Kier alpha value is -2.20. The molecule has 1 amide bonds. The molecule has 4 heteroatoms. The second kappa shape index (κ2) is 4.97. The number of carbonyl (C=O) groups is 1. The first-order chi connectivity index (χ1) is 10.0. The Kier molecular flexibility index (Phi) is 3.26. The Morgan fingerprint density at radius 3 is 2.52 bits per heavy atom. The average Bonchev–Trinajstić information content (AvgIpc) is 2.67. The largest absolute Gasteiger partial charge is 0.367 e. The minimum atomic E-state index is -1.35. The number of hydrogen-bond donors (Lipinski definition) is 1. The van der Waals surface area contributed by atoms with Gasteiger partial charge < -0.3 is 10.0 Å². The fraction of sp³-hybridized carbons (Fsp3) is 0.235. The van der Waals surface area contributed by atoms with E-state index < -0.39 is 5.72 Å². The molecule has 108 valence electrons. The summed E-state index contributed by atoms with van der Waals surface area (Å²) in [5, 5.41) is 10.6. The number of nitrogens with zero attached hydrogens (tertiary/aromatic N) is 1. The molecule has 0 radical (unpaired) electrons. The van der Waals surface area contributed by atoms with Gasteiger partial charge in [-0.15, -0.1) is 0 Å². The fourth-order valence-corrected chi connectivity index (χ4v) is 2.82. The Morgan fingerprint density at radius 2 is 1.81 bits per heavy atom. The van der Waals surface area contributed by atoms with Gasteiger partial charge in [0.25, 0.3) is 5.91 Å². The molecule has 0 saturated heterocycles. The maximum Gasteiger partial charge on any atom is 0.256 e. The van der Waals surface area contributed by atoms with Crippen LogP contribution >= 0.6 is 0 Å². The summed E-state index contributed by atoms with van der Waals surface area (Å²) < 4.78 is 13.7. The number of hydrogen-bond acceptors (Lipinski definition) is 2. The molecule has 1 atom stereocenters. The molecule has 1 aliphatic rings. The normalized spacial score (nSPS) is 20.7. The molecule has 1 aliphatic heterocycles. The molecular formula is C17H16FNO2. The van der Waals surface area contributed by atoms with Gasteiger partial charge in [0.15, 0.2) is 5.72 Å². The van der Waals surface area contributed by atoms with E-state index >= 15 is 0 Å². The summed E-state index contributed by atoms with van der Waals surface area (Å²) in [6.07, 6.45) is 0.364. The molecule has 1 N–H and O–H groups in total. The molecule has 3 nitrogen and oxygen atoms in total. The maximum absolute atomic E-state index is 13.7. The summed E-state index contributed by atoms with van der Waals surface area (Å²) >= 11 is 0. The highest BCUT2D eigenvalue weighted by molar-refractivity contribution is 5.99. The molecule has 0 saturated carbocycles. The van der Waals surface area contributed by atoms with Gasteiger partial charge in [-0.05, 0) is 31.0 Å². The third-order valence-corrected chi connectivity index (χ3v) is 4.00. The molecule has 0 aliphatic carbocycles. The maximum atomic E-state index is 13.7. The van der Waals surface area contributed by atoms with Crippen LogP contribution in [0.4, 0.5) is 4.39 Å². The van der Waals surface area contributed by atoms with Crippen LogP contribution in [0, 0.1) is 5.82 Å². The molecule has 2 aromatic rings. The van der Waals surface area contributed by atoms with Crippen LogP contribution in [0.3, 0.4) is 0 Å². The minimum Gasteiger partial charge on any atom is -0.367 e. The summed E-state index contributed by atoms with van der Waals surface area (Å²) in [4.78, 5) is 13.8. The zero-order valence-corrected chi connectivity index (χ0v) is 11.7. The highest BCUT2D eigenvalue weighted by atomic mass is 19.1. The second-order valence-electron chi connectivity index (χ2n) is 5.36. The first-order valence-corrected chi connectivity index (χ1v) is 6.89. The molecule has 0 aromatic heterocycles. The van der Waals surface area contributed by atoms with E-state index in [1.165, 1.54) is 11.0 Å². The Balaban J connectivity index is 1.84. The molecule has 0 spiro atoms. The van der Waals surface area contributed by atoms with Crippen LogP contribution in [0.2, 0.25) is 0 Å². The van der Waals surface area contributed by atoms with Gasteiger partial charge in [-0.1, -0.05) is 36.4 Å². The molecular weight excluding hydrogens is 269 g/mol. The van der Waals surface area contributed by atoms with Crippen LogP contribution in [0.15, 0.2) is 48.5 Å². The lowest BCUT2D eigenvalue weighted by Gasteiger charge is -2.30. The predicted molar refractivity (Wildman–Crippen MR) is 77.2 cm³/mol. The van der Waals surface area contributed by atoms with E-state index in [9.17, 15) is 14.3 Å². The van der Waals surface area contributed by atoms with Gasteiger partial charge in [-0.25, -0.2) is 4.39 Å². The molecule has 2 aromatic carbocycles. The first-order valence-electron chi connectivity index (χ1n) is 6.89. The molecule has 21 heavy (non-hydrogen) atoms. The van der Waals surface area contributed by atoms with Crippen molar-refractivity contribution in [2.45, 2.75) is 19.1 Å². The van der Waals surface area contributed by atoms with E-state index in [-0.39, 0.29) is 18.3 Å². The molecule has 0 bridgehead atoms. The fourth-order valence-electron chi connectivity index (χ4n) is 2.82. The van der Waals surface area contributed by atoms with Gasteiger partial charge in [-0.2, -0.15) is 0 Å². The molecule has 3 rings (SSSR count). The quantitative estimate of drug-likeness (QED) is 0.942. The molecule has 0 fully saturated rings. The van der Waals surface area contributed by atoms with Crippen molar-refractivity contribution in [2.24, 2.45) is 0 Å². The van der Waals surface area contributed by atoms with Gasteiger partial charge in [0, 0.05) is 17.7 Å². The average molecular weight is 285 g/mol. The van der Waals surface area contributed by atoms with E-state index in [1.807, 2.05) is 0 Å². The summed E-state index contributed by atoms with van der Waals surface area (Å²) in [5.74, 6) is -0.506. The standard InChI is InChI=1S/C17H16FNO2/c1-17(21)14-8-4-3-7-13(14)16(20)19(17)11-10-12-6-2-5-9-15(12)18/h2-9,21H,10-11H2,1H3/t17-/m1/s1. The monoisotopic (exact) mass is 285 g/mol. The van der Waals surface area contributed by atoms with Crippen molar-refractivity contribution in [3.8, 4) is 0 Å². The van der Waals surface area contributed by atoms with Crippen LogP contribution in [0.1, 0.15) is 28.4 Å². The van der Waals surface area contributed by atoms with Crippen molar-refractivity contribution in [3.63, 3.8) is 0 Å². The number of benzene rings is 2. The zero-order chi connectivity index (χ0) is 15.0. The Labute approximate surface area is 122 Å². The van der Waals surface area contributed by atoms with Crippen molar-refractivity contribution in [3.05, 3.63) is 71.0 Å². The lowest BCUT2D eigenvalue weighted by Crippen LogP contribution is -2.42. The number of fused-ring (bicyclic) bond motifs is 1. The Morgan fingerprint density at radius 1 is 1.14 bits per heavy atom. The van der Waals surface area contributed by atoms with Crippen LogP contribution in [-0.4, -0.2) is 22.5 Å². The highest BCUT2D eigenvalue weighted by Crippen LogP contribution is 2.36. The topological polar surface area (TPSA) is 40.5 Å². The van der Waals surface area contributed by atoms with Gasteiger partial charge in [-0.3, -0.25) is 4.79 Å². The van der Waals surface area contributed by atoms with Crippen molar-refractivity contribution in [2.75, 3.05) is 6.54 Å². The first kappa shape index (κ1) is 13.8. The lowest BCUT2D eigenvalue weighted by molar-refractivity contribution is -0.0679. The van der Waals surface area contributed by atoms with Gasteiger partial charge in [0.1, 0.15) is 5.82 Å². The number of rotatable bonds is 3. The lowest BCUT2D eigenvalue weighted by atomic mass is 10.0. The van der Waals surface area contributed by atoms with Gasteiger partial charge >= 0.3 is 0 Å². The number of amides is 1. The smallest absolute Gasteiger partial charge is 0.256 e. The second-order valence-corrected chi connectivity index (χ2v) is 5.36. The van der Waals surface area contributed by atoms with E-state index in [2.05, 4.69) is 0 Å². The van der Waals surface area contributed by atoms with Crippen molar-refractivity contribution >= 4 is 5.91 Å². The van der Waals surface area contributed by atoms with Crippen molar-refractivity contribution in [1.29, 1.82) is 0 Å². The molecule has 1 heterocycles. The van der Waals surface area contributed by atoms with E-state index in [0.29, 0.717) is 23.1 Å². The SMILES string of the molecule is C[C@@]1(O)c2ccccc2C(=O)N1CCc1ccccc1F. The number of aliphatic hydroxyl groups is 1. The van der Waals surface area contributed by atoms with Crippen LogP contribution in [0.25, 0.3) is 0 Å².